The Morgan fingerprint density at radius 3 is 2.68 bits per heavy atom. The lowest BCUT2D eigenvalue weighted by Gasteiger charge is -2.33. The summed E-state index contributed by atoms with van der Waals surface area (Å²) in [4.78, 5) is 27.6. The predicted octanol–water partition coefficient (Wildman–Crippen LogP) is 4.68. The summed E-state index contributed by atoms with van der Waals surface area (Å²) in [6, 6.07) is 14.9. The van der Waals surface area contributed by atoms with E-state index < -0.39 is 11.9 Å². The van der Waals surface area contributed by atoms with Crippen LogP contribution in [0.1, 0.15) is 32.3 Å². The molecule has 1 fully saturated rings. The number of para-hydroxylation sites is 1. The average Bonchev–Trinajstić information content (AvgIpc) is 3.33. The molecule has 2 aliphatic heterocycles. The second-order valence-corrected chi connectivity index (χ2v) is 8.83. The molecule has 2 heterocycles. The summed E-state index contributed by atoms with van der Waals surface area (Å²) in [6.45, 7) is 5.36. The number of carbonyl (C=O) groups is 2. The zero-order valence-corrected chi connectivity index (χ0v) is 19.5. The molecule has 34 heavy (non-hydrogen) atoms. The summed E-state index contributed by atoms with van der Waals surface area (Å²) in [6.07, 6.45) is 2.83. The number of carboxylic acids is 1. The zero-order chi connectivity index (χ0) is 24.2. The molecule has 2 atom stereocenters. The van der Waals surface area contributed by atoms with Crippen molar-refractivity contribution in [3.63, 3.8) is 0 Å². The fourth-order valence-corrected chi connectivity index (χ4v) is 4.29. The first-order chi connectivity index (χ1) is 16.3. The molecule has 0 saturated carbocycles. The number of fused-ring (bicyclic) bond motifs is 1. The van der Waals surface area contributed by atoms with Gasteiger partial charge in [-0.2, -0.15) is 0 Å². The maximum absolute atomic E-state index is 12.9. The van der Waals surface area contributed by atoms with Gasteiger partial charge >= 0.3 is 12.0 Å². The molecular weight excluding hydrogens is 432 g/mol. The molecule has 8 nitrogen and oxygen atoms in total. The van der Waals surface area contributed by atoms with Crippen LogP contribution >= 0.6 is 0 Å². The fraction of sp³-hybridized carbons (Fsp3) is 0.346. The monoisotopic (exact) mass is 462 g/mol. The van der Waals surface area contributed by atoms with Crippen LogP contribution in [0, 0.1) is 11.3 Å². The van der Waals surface area contributed by atoms with Gasteiger partial charge in [-0.25, -0.2) is 4.79 Å². The Kier molecular flexibility index (Phi) is 6.86. The van der Waals surface area contributed by atoms with Crippen LogP contribution in [0.5, 0.6) is 5.75 Å². The van der Waals surface area contributed by atoms with Crippen molar-refractivity contribution in [1.29, 1.82) is 5.41 Å². The van der Waals surface area contributed by atoms with E-state index in [4.69, 9.17) is 10.1 Å². The number of ether oxygens (including phenoxy) is 1. The van der Waals surface area contributed by atoms with Crippen molar-refractivity contribution < 1.29 is 19.4 Å². The fourth-order valence-electron chi connectivity index (χ4n) is 4.29. The molecule has 178 valence electrons. The van der Waals surface area contributed by atoms with E-state index >= 15 is 0 Å². The molecule has 2 amide bonds. The van der Waals surface area contributed by atoms with Gasteiger partial charge in [0, 0.05) is 25.2 Å². The molecule has 2 unspecified atom stereocenters. The molecule has 0 radical (unpaired) electrons. The van der Waals surface area contributed by atoms with Crippen molar-refractivity contribution in [3.05, 3.63) is 60.2 Å². The highest BCUT2D eigenvalue weighted by Gasteiger charge is 2.29. The van der Waals surface area contributed by atoms with Crippen LogP contribution in [0.15, 0.2) is 54.6 Å². The number of carboxylic acid groups (broad SMARTS) is 1. The molecule has 4 rings (SSSR count). The minimum Gasteiger partial charge on any atom is -0.487 e. The maximum Gasteiger partial charge on any atom is 0.326 e. The molecule has 1 saturated heterocycles. The van der Waals surface area contributed by atoms with Gasteiger partial charge in [0.25, 0.3) is 0 Å². The number of nitrogens with one attached hydrogen (secondary N) is 2. The Labute approximate surface area is 199 Å². The molecule has 3 N–H and O–H groups in total. The standard InChI is InChI=1S/C26H30N4O4/c1-17(8-11-24(27)29-13-12-20(16-29)25(31)32)19-9-10-22-23(14-19)34-18(2)15-30(22)26(33)28-21-6-4-3-5-7-21/h3-10,14,18,20,27H,11-13,15-16H2,1-2H3,(H,28,33)(H,31,32)/b17-8+,27-24?. The second-order valence-electron chi connectivity index (χ2n) is 8.83. The molecule has 8 heteroatoms. The summed E-state index contributed by atoms with van der Waals surface area (Å²) in [5, 5.41) is 20.4. The topological polar surface area (TPSA) is 106 Å². The van der Waals surface area contributed by atoms with Crippen molar-refractivity contribution in [3.8, 4) is 5.75 Å². The number of amides is 2. The molecule has 2 aliphatic rings. The van der Waals surface area contributed by atoms with E-state index in [0.717, 1.165) is 16.8 Å². The van der Waals surface area contributed by atoms with E-state index in [0.29, 0.717) is 49.7 Å². The van der Waals surface area contributed by atoms with Crippen molar-refractivity contribution in [1.82, 2.24) is 4.90 Å². The van der Waals surface area contributed by atoms with E-state index in [9.17, 15) is 14.7 Å². The summed E-state index contributed by atoms with van der Waals surface area (Å²) in [5.41, 5.74) is 3.39. The third-order valence-corrected chi connectivity index (χ3v) is 6.26. The quantitative estimate of drug-likeness (QED) is 0.442. The lowest BCUT2D eigenvalue weighted by molar-refractivity contribution is -0.141. The molecule has 0 bridgehead atoms. The van der Waals surface area contributed by atoms with Gasteiger partial charge in [0.15, 0.2) is 0 Å². The third kappa shape index (κ3) is 5.22. The number of anilines is 2. The van der Waals surface area contributed by atoms with Gasteiger partial charge in [-0.15, -0.1) is 0 Å². The number of nitrogens with zero attached hydrogens (tertiary/aromatic N) is 2. The van der Waals surface area contributed by atoms with Gasteiger partial charge in [0.05, 0.1) is 24.0 Å². The minimum absolute atomic E-state index is 0.154. The second kappa shape index (κ2) is 9.99. The van der Waals surface area contributed by atoms with Crippen molar-refractivity contribution in [2.45, 2.75) is 32.8 Å². The average molecular weight is 463 g/mol. The number of rotatable bonds is 5. The van der Waals surface area contributed by atoms with E-state index in [1.54, 1.807) is 4.90 Å². The molecule has 2 aromatic rings. The Morgan fingerprint density at radius 2 is 1.97 bits per heavy atom. The normalized spacial score (nSPS) is 19.9. The number of benzene rings is 2. The van der Waals surface area contributed by atoms with Crippen molar-refractivity contribution in [2.24, 2.45) is 5.92 Å². The number of hydrogen-bond donors (Lipinski definition) is 3. The zero-order valence-electron chi connectivity index (χ0n) is 19.5. The van der Waals surface area contributed by atoms with Gasteiger partial charge in [-0.1, -0.05) is 30.3 Å². The van der Waals surface area contributed by atoms with Gasteiger partial charge in [-0.05, 0) is 55.7 Å². The highest BCUT2D eigenvalue weighted by molar-refractivity contribution is 6.03. The lowest BCUT2D eigenvalue weighted by atomic mass is 10.0. The number of urea groups is 1. The number of carbonyl (C=O) groups excluding carboxylic acids is 1. The SMILES string of the molecule is C/C(=C\CC(=N)N1CCC(C(=O)O)C1)c1ccc2c(c1)OC(C)CN2C(=O)Nc1ccccc1. The van der Waals surface area contributed by atoms with E-state index in [2.05, 4.69) is 5.32 Å². The van der Waals surface area contributed by atoms with Gasteiger partial charge in [0.1, 0.15) is 11.9 Å². The number of hydrogen-bond acceptors (Lipinski definition) is 4. The highest BCUT2D eigenvalue weighted by Crippen LogP contribution is 2.36. The van der Waals surface area contributed by atoms with Crippen molar-refractivity contribution in [2.75, 3.05) is 29.9 Å². The number of allylic oxidation sites excluding steroid dienone is 1. The van der Waals surface area contributed by atoms with Crippen LogP contribution in [0.4, 0.5) is 16.2 Å². The van der Waals surface area contributed by atoms with Gasteiger partial charge < -0.3 is 20.1 Å². The minimum atomic E-state index is -0.795. The van der Waals surface area contributed by atoms with E-state index in [1.807, 2.05) is 73.4 Å². The summed E-state index contributed by atoms with van der Waals surface area (Å²) in [5.74, 6) is -0.120. The van der Waals surface area contributed by atoms with Crippen LogP contribution in [-0.2, 0) is 4.79 Å². The van der Waals surface area contributed by atoms with E-state index in [-0.39, 0.29) is 12.1 Å². The van der Waals surface area contributed by atoms with Crippen LogP contribution in [0.25, 0.3) is 5.57 Å². The van der Waals surface area contributed by atoms with Crippen LogP contribution in [0.3, 0.4) is 0 Å². The molecular formula is C26H30N4O4. The lowest BCUT2D eigenvalue weighted by Crippen LogP contribution is -2.44. The first-order valence-electron chi connectivity index (χ1n) is 11.5. The summed E-state index contributed by atoms with van der Waals surface area (Å²) >= 11 is 0. The Morgan fingerprint density at radius 1 is 1.21 bits per heavy atom. The van der Waals surface area contributed by atoms with Crippen molar-refractivity contribution >= 4 is 34.8 Å². The maximum atomic E-state index is 12.9. The Balaban J connectivity index is 1.45. The molecule has 2 aromatic carbocycles. The van der Waals surface area contributed by atoms with E-state index in [1.165, 1.54) is 0 Å². The predicted molar refractivity (Wildman–Crippen MR) is 133 cm³/mol. The smallest absolute Gasteiger partial charge is 0.326 e. The first-order valence-corrected chi connectivity index (χ1v) is 11.5. The first kappa shape index (κ1) is 23.4. The summed E-state index contributed by atoms with van der Waals surface area (Å²) in [7, 11) is 0. The number of amidine groups is 1. The summed E-state index contributed by atoms with van der Waals surface area (Å²) < 4.78 is 6.04. The van der Waals surface area contributed by atoms with Gasteiger partial charge in [0.2, 0.25) is 0 Å². The largest absolute Gasteiger partial charge is 0.487 e. The molecule has 0 spiro atoms. The Bertz CT molecular complexity index is 1120. The van der Waals surface area contributed by atoms with Crippen LogP contribution in [0.2, 0.25) is 0 Å². The molecule has 0 aromatic heterocycles. The number of aliphatic carboxylic acids is 1. The van der Waals surface area contributed by atoms with Gasteiger partial charge in [-0.3, -0.25) is 15.1 Å². The third-order valence-electron chi connectivity index (χ3n) is 6.26. The number of likely N-dealkylation sites (tertiary alicyclic amines) is 1. The molecule has 0 aliphatic carbocycles. The van der Waals surface area contributed by atoms with Crippen LogP contribution in [-0.4, -0.2) is 53.6 Å². The van der Waals surface area contributed by atoms with Crippen LogP contribution < -0.4 is 15.0 Å². The highest BCUT2D eigenvalue weighted by atomic mass is 16.5. The Hall–Kier alpha value is -3.81.